The van der Waals surface area contributed by atoms with E-state index in [0.29, 0.717) is 25.5 Å². The average molecular weight is 283 g/mol. The number of ether oxygens (including phenoxy) is 2. The second kappa shape index (κ2) is 9.31. The molecule has 0 unspecified atom stereocenters. The van der Waals surface area contributed by atoms with Gasteiger partial charge in [-0.25, -0.2) is 4.39 Å². The van der Waals surface area contributed by atoms with E-state index in [9.17, 15) is 9.18 Å². The summed E-state index contributed by atoms with van der Waals surface area (Å²) in [5.74, 6) is 0.178. The number of carbonyl (C=O) groups excluding carboxylic acids is 1. The fraction of sp³-hybridized carbons (Fsp3) is 0.533. The van der Waals surface area contributed by atoms with Crippen LogP contribution >= 0.6 is 0 Å². The molecule has 4 nitrogen and oxygen atoms in total. The molecule has 0 saturated carbocycles. The predicted octanol–water partition coefficient (Wildman–Crippen LogP) is 2.48. The molecule has 0 aromatic heterocycles. The van der Waals surface area contributed by atoms with Gasteiger partial charge in [-0.3, -0.25) is 9.69 Å². The lowest BCUT2D eigenvalue weighted by Crippen LogP contribution is -2.32. The Bertz CT molecular complexity index is 395. The van der Waals surface area contributed by atoms with Crippen LogP contribution in [0.1, 0.15) is 20.3 Å². The third kappa shape index (κ3) is 6.52. The molecule has 0 aliphatic rings. The second-order valence-electron chi connectivity index (χ2n) is 4.33. The molecule has 112 valence electrons. The Morgan fingerprint density at radius 1 is 1.25 bits per heavy atom. The molecule has 0 heterocycles. The maximum Gasteiger partial charge on any atom is 0.320 e. The van der Waals surface area contributed by atoms with Crippen LogP contribution in [0.5, 0.6) is 5.75 Å². The van der Waals surface area contributed by atoms with Crippen molar-refractivity contribution < 1.29 is 18.7 Å². The van der Waals surface area contributed by atoms with Crippen LogP contribution < -0.4 is 4.74 Å². The molecule has 0 atom stereocenters. The number of rotatable bonds is 9. The lowest BCUT2D eigenvalue weighted by molar-refractivity contribution is -0.144. The Labute approximate surface area is 119 Å². The second-order valence-corrected chi connectivity index (χ2v) is 4.33. The zero-order chi connectivity index (χ0) is 14.8. The van der Waals surface area contributed by atoms with E-state index in [1.54, 1.807) is 19.1 Å². The molecule has 1 aromatic rings. The van der Waals surface area contributed by atoms with Crippen LogP contribution in [0.4, 0.5) is 4.39 Å². The Balaban J connectivity index is 2.21. The number of hydrogen-bond acceptors (Lipinski definition) is 4. The van der Waals surface area contributed by atoms with E-state index in [0.717, 1.165) is 19.5 Å². The Morgan fingerprint density at radius 3 is 2.55 bits per heavy atom. The van der Waals surface area contributed by atoms with E-state index in [1.807, 2.05) is 11.8 Å². The summed E-state index contributed by atoms with van der Waals surface area (Å²) < 4.78 is 23.1. The molecule has 0 radical (unpaired) electrons. The Hall–Kier alpha value is -1.62. The summed E-state index contributed by atoms with van der Waals surface area (Å²) in [6.45, 7) is 6.59. The van der Waals surface area contributed by atoms with Gasteiger partial charge in [-0.05, 0) is 44.2 Å². The molecule has 5 heteroatoms. The van der Waals surface area contributed by atoms with E-state index >= 15 is 0 Å². The number of halogens is 1. The van der Waals surface area contributed by atoms with E-state index in [1.165, 1.54) is 12.1 Å². The molecule has 0 N–H and O–H groups in total. The molecule has 0 fully saturated rings. The molecule has 0 spiro atoms. The van der Waals surface area contributed by atoms with Crippen LogP contribution in [0, 0.1) is 5.82 Å². The van der Waals surface area contributed by atoms with Gasteiger partial charge in [-0.1, -0.05) is 6.92 Å². The lowest BCUT2D eigenvalue weighted by atomic mass is 10.3. The van der Waals surface area contributed by atoms with Crippen molar-refractivity contribution in [2.24, 2.45) is 0 Å². The summed E-state index contributed by atoms with van der Waals surface area (Å²) in [4.78, 5) is 13.4. The first-order valence-corrected chi connectivity index (χ1v) is 6.92. The number of nitrogens with zero attached hydrogens (tertiary/aromatic N) is 1. The maximum atomic E-state index is 12.7. The number of carbonyl (C=O) groups is 1. The van der Waals surface area contributed by atoms with Gasteiger partial charge in [-0.2, -0.15) is 0 Å². The van der Waals surface area contributed by atoms with E-state index in [4.69, 9.17) is 9.47 Å². The zero-order valence-corrected chi connectivity index (χ0v) is 12.1. The molecule has 0 amide bonds. The number of esters is 1. The summed E-state index contributed by atoms with van der Waals surface area (Å²) in [5, 5.41) is 0. The van der Waals surface area contributed by atoms with Gasteiger partial charge in [-0.15, -0.1) is 0 Å². The monoisotopic (exact) mass is 283 g/mol. The first-order valence-electron chi connectivity index (χ1n) is 6.92. The highest BCUT2D eigenvalue weighted by Gasteiger charge is 2.09. The van der Waals surface area contributed by atoms with Gasteiger partial charge < -0.3 is 9.47 Å². The lowest BCUT2D eigenvalue weighted by Gasteiger charge is -2.19. The molecule has 0 saturated heterocycles. The van der Waals surface area contributed by atoms with E-state index in [2.05, 4.69) is 0 Å². The van der Waals surface area contributed by atoms with Gasteiger partial charge in [0.15, 0.2) is 0 Å². The van der Waals surface area contributed by atoms with Crippen molar-refractivity contribution in [3.8, 4) is 5.75 Å². The normalized spacial score (nSPS) is 10.6. The SMILES string of the molecule is CCOC(=O)CN(CC)CCCOc1ccc(F)cc1. The van der Waals surface area contributed by atoms with Gasteiger partial charge in [0.1, 0.15) is 11.6 Å². The summed E-state index contributed by atoms with van der Waals surface area (Å²) in [6, 6.07) is 5.94. The number of hydrogen-bond donors (Lipinski definition) is 0. The topological polar surface area (TPSA) is 38.8 Å². The molecule has 0 bridgehead atoms. The molecular weight excluding hydrogens is 261 g/mol. The van der Waals surface area contributed by atoms with Crippen molar-refractivity contribution in [1.82, 2.24) is 4.90 Å². The molecule has 0 aliphatic carbocycles. The minimum atomic E-state index is -0.274. The summed E-state index contributed by atoms with van der Waals surface area (Å²) in [7, 11) is 0. The minimum Gasteiger partial charge on any atom is -0.494 e. The summed E-state index contributed by atoms with van der Waals surface area (Å²) in [5.41, 5.74) is 0. The van der Waals surface area contributed by atoms with Gasteiger partial charge in [0.05, 0.1) is 19.8 Å². The fourth-order valence-corrected chi connectivity index (χ4v) is 1.75. The number of benzene rings is 1. The quantitative estimate of drug-likeness (QED) is 0.515. The van der Waals surface area contributed by atoms with Crippen LogP contribution in [-0.2, 0) is 9.53 Å². The fourth-order valence-electron chi connectivity index (χ4n) is 1.75. The first-order chi connectivity index (χ1) is 9.65. The maximum absolute atomic E-state index is 12.7. The highest BCUT2D eigenvalue weighted by atomic mass is 19.1. The average Bonchev–Trinajstić information content (AvgIpc) is 2.44. The summed E-state index contributed by atoms with van der Waals surface area (Å²) >= 11 is 0. The van der Waals surface area contributed by atoms with Gasteiger partial charge in [0, 0.05) is 6.54 Å². The van der Waals surface area contributed by atoms with Crippen LogP contribution in [0.3, 0.4) is 0 Å². The van der Waals surface area contributed by atoms with Crippen LogP contribution in [0.25, 0.3) is 0 Å². The minimum absolute atomic E-state index is 0.200. The van der Waals surface area contributed by atoms with Crippen molar-refractivity contribution in [2.75, 3.05) is 32.8 Å². The molecule has 20 heavy (non-hydrogen) atoms. The standard InChI is InChI=1S/C15H22FNO3/c1-3-17(12-15(18)19-4-2)10-5-11-20-14-8-6-13(16)7-9-14/h6-9H,3-5,10-12H2,1-2H3. The third-order valence-electron chi connectivity index (χ3n) is 2.81. The molecule has 0 aliphatic heterocycles. The molecule has 1 aromatic carbocycles. The first kappa shape index (κ1) is 16.4. The molecular formula is C15H22FNO3. The van der Waals surface area contributed by atoms with Crippen LogP contribution in [-0.4, -0.2) is 43.7 Å². The van der Waals surface area contributed by atoms with E-state index in [-0.39, 0.29) is 11.8 Å². The van der Waals surface area contributed by atoms with Crippen LogP contribution in [0.15, 0.2) is 24.3 Å². The van der Waals surface area contributed by atoms with Gasteiger partial charge in [0.25, 0.3) is 0 Å². The largest absolute Gasteiger partial charge is 0.494 e. The van der Waals surface area contributed by atoms with E-state index < -0.39 is 0 Å². The number of likely N-dealkylation sites (N-methyl/N-ethyl adjacent to an activating group) is 1. The van der Waals surface area contributed by atoms with Crippen molar-refractivity contribution in [3.63, 3.8) is 0 Å². The van der Waals surface area contributed by atoms with Crippen LogP contribution in [0.2, 0.25) is 0 Å². The third-order valence-corrected chi connectivity index (χ3v) is 2.81. The van der Waals surface area contributed by atoms with Gasteiger partial charge in [0.2, 0.25) is 0 Å². The van der Waals surface area contributed by atoms with Crippen molar-refractivity contribution in [3.05, 3.63) is 30.1 Å². The predicted molar refractivity (Wildman–Crippen MR) is 75.3 cm³/mol. The van der Waals surface area contributed by atoms with Crippen molar-refractivity contribution in [2.45, 2.75) is 20.3 Å². The zero-order valence-electron chi connectivity index (χ0n) is 12.1. The van der Waals surface area contributed by atoms with Crippen molar-refractivity contribution in [1.29, 1.82) is 0 Å². The van der Waals surface area contributed by atoms with Gasteiger partial charge >= 0.3 is 5.97 Å². The smallest absolute Gasteiger partial charge is 0.320 e. The highest BCUT2D eigenvalue weighted by molar-refractivity contribution is 5.71. The Kier molecular flexibility index (Phi) is 7.65. The Morgan fingerprint density at radius 2 is 1.95 bits per heavy atom. The molecule has 1 rings (SSSR count). The van der Waals surface area contributed by atoms with Crippen molar-refractivity contribution >= 4 is 5.97 Å². The highest BCUT2D eigenvalue weighted by Crippen LogP contribution is 2.11. The summed E-state index contributed by atoms with van der Waals surface area (Å²) in [6.07, 6.45) is 0.796.